The number of hydrogen-bond acceptors (Lipinski definition) is 0. The Labute approximate surface area is 504 Å². The highest BCUT2D eigenvalue weighted by Crippen LogP contribution is 2.63. The maximum atomic E-state index is 2.49. The Morgan fingerprint density at radius 3 is 1.03 bits per heavy atom. The van der Waals surface area contributed by atoms with E-state index in [0.29, 0.717) is 0 Å². The SMILES string of the molecule is C(=Cc1ccc2c(c1)c1ccccc1n2-c1cccc2ccccc12)c1ccc(-c2ccc3c(c2)C2(c4ccccc4-c4ccccc42)c2cc(-c4ccc(C=Cc5ccc6c(c5)c5ccccc5n6-c5cccc6ccccc56)cc4)ccc2-3)cc1. The largest absolute Gasteiger partial charge is 0.309 e. The molecule has 0 unspecified atom stereocenters. The molecule has 2 aromatic heterocycles. The van der Waals surface area contributed by atoms with Crippen LogP contribution in [0.1, 0.15) is 44.5 Å². The molecule has 87 heavy (non-hydrogen) atoms. The Morgan fingerprint density at radius 1 is 0.218 bits per heavy atom. The number of nitrogens with zero attached hydrogens (tertiary/aromatic N) is 2. The number of rotatable bonds is 8. The third-order valence-corrected chi connectivity index (χ3v) is 18.9. The summed E-state index contributed by atoms with van der Waals surface area (Å²) < 4.78 is 4.85. The first-order valence-corrected chi connectivity index (χ1v) is 30.2. The van der Waals surface area contributed by atoms with E-state index >= 15 is 0 Å². The minimum atomic E-state index is -0.486. The summed E-state index contributed by atoms with van der Waals surface area (Å²) in [5, 5.41) is 9.98. The molecule has 2 aliphatic rings. The lowest BCUT2D eigenvalue weighted by atomic mass is 9.70. The van der Waals surface area contributed by atoms with Gasteiger partial charge in [-0.1, -0.05) is 267 Å². The molecule has 0 radical (unpaired) electrons. The summed E-state index contributed by atoms with van der Waals surface area (Å²) in [6.07, 6.45) is 8.98. The molecular formula is C85H54N2. The second-order valence-electron chi connectivity index (χ2n) is 23.5. The summed E-state index contributed by atoms with van der Waals surface area (Å²) in [5.41, 5.74) is 26.8. The molecule has 14 aromatic carbocycles. The smallest absolute Gasteiger partial charge is 0.0725 e. The van der Waals surface area contributed by atoms with Crippen LogP contribution in [-0.2, 0) is 5.41 Å². The highest BCUT2D eigenvalue weighted by Gasteiger charge is 2.51. The van der Waals surface area contributed by atoms with Crippen molar-refractivity contribution in [2.75, 3.05) is 0 Å². The first kappa shape index (κ1) is 49.1. The predicted octanol–water partition coefficient (Wildman–Crippen LogP) is 22.2. The lowest BCUT2D eigenvalue weighted by Gasteiger charge is -2.31. The zero-order valence-corrected chi connectivity index (χ0v) is 47.6. The van der Waals surface area contributed by atoms with Crippen LogP contribution in [-0.4, -0.2) is 9.13 Å². The van der Waals surface area contributed by atoms with Gasteiger partial charge < -0.3 is 9.13 Å². The van der Waals surface area contributed by atoms with E-state index < -0.39 is 5.41 Å². The molecule has 16 aromatic rings. The van der Waals surface area contributed by atoms with Crippen molar-refractivity contribution in [3.63, 3.8) is 0 Å². The van der Waals surface area contributed by atoms with Crippen LogP contribution in [0, 0.1) is 0 Å². The summed E-state index contributed by atoms with van der Waals surface area (Å²) in [5.74, 6) is 0. The van der Waals surface area contributed by atoms with E-state index in [1.807, 2.05) is 0 Å². The van der Waals surface area contributed by atoms with Gasteiger partial charge in [0.2, 0.25) is 0 Å². The average Bonchev–Trinajstić information content (AvgIpc) is 1.52. The summed E-state index contributed by atoms with van der Waals surface area (Å²) in [6, 6.07) is 113. The zero-order chi connectivity index (χ0) is 57.2. The Morgan fingerprint density at radius 2 is 0.563 bits per heavy atom. The molecule has 0 saturated heterocycles. The van der Waals surface area contributed by atoms with Crippen LogP contribution in [0.15, 0.2) is 303 Å². The van der Waals surface area contributed by atoms with Crippen molar-refractivity contribution in [3.8, 4) is 55.9 Å². The van der Waals surface area contributed by atoms with Gasteiger partial charge in [0.1, 0.15) is 0 Å². The van der Waals surface area contributed by atoms with Gasteiger partial charge in [-0.05, 0) is 160 Å². The van der Waals surface area contributed by atoms with Gasteiger partial charge in [0.25, 0.3) is 0 Å². The highest BCUT2D eigenvalue weighted by atomic mass is 15.0. The van der Waals surface area contributed by atoms with E-state index in [1.165, 1.54) is 154 Å². The van der Waals surface area contributed by atoms with E-state index in [0.717, 1.165) is 11.1 Å². The van der Waals surface area contributed by atoms with Gasteiger partial charge in [-0.2, -0.15) is 0 Å². The van der Waals surface area contributed by atoms with Gasteiger partial charge in [0.15, 0.2) is 0 Å². The fraction of sp³-hybridized carbons (Fsp3) is 0.0118. The van der Waals surface area contributed by atoms with Crippen LogP contribution < -0.4 is 0 Å². The number of para-hydroxylation sites is 2. The van der Waals surface area contributed by atoms with Crippen molar-refractivity contribution < 1.29 is 0 Å². The lowest BCUT2D eigenvalue weighted by Crippen LogP contribution is -2.26. The van der Waals surface area contributed by atoms with Crippen LogP contribution in [0.5, 0.6) is 0 Å². The Bertz CT molecular complexity index is 5210. The van der Waals surface area contributed by atoms with Gasteiger partial charge in [0, 0.05) is 32.3 Å². The van der Waals surface area contributed by atoms with Gasteiger partial charge in [-0.25, -0.2) is 0 Å². The second-order valence-corrected chi connectivity index (χ2v) is 23.5. The molecule has 0 N–H and O–H groups in total. The third-order valence-electron chi connectivity index (χ3n) is 18.9. The van der Waals surface area contributed by atoms with E-state index in [2.05, 4.69) is 337 Å². The van der Waals surface area contributed by atoms with Crippen LogP contribution in [0.25, 0.3) is 145 Å². The van der Waals surface area contributed by atoms with E-state index in [1.54, 1.807) is 0 Å². The third kappa shape index (κ3) is 7.54. The van der Waals surface area contributed by atoms with Gasteiger partial charge in [-0.3, -0.25) is 0 Å². The average molecular weight is 1100 g/mol. The van der Waals surface area contributed by atoms with Crippen molar-refractivity contribution in [1.82, 2.24) is 9.13 Å². The summed E-state index contributed by atoms with van der Waals surface area (Å²) in [7, 11) is 0. The minimum Gasteiger partial charge on any atom is -0.309 e. The first-order valence-electron chi connectivity index (χ1n) is 30.2. The molecule has 2 heterocycles. The van der Waals surface area contributed by atoms with Crippen LogP contribution in [0.4, 0.5) is 0 Å². The number of hydrogen-bond donors (Lipinski definition) is 0. The topological polar surface area (TPSA) is 9.86 Å². The normalized spacial score (nSPS) is 13.1. The van der Waals surface area contributed by atoms with Crippen molar-refractivity contribution >= 4 is 89.5 Å². The Hall–Kier alpha value is -11.3. The molecule has 0 aliphatic heterocycles. The van der Waals surface area contributed by atoms with Crippen molar-refractivity contribution in [2.24, 2.45) is 0 Å². The Balaban J connectivity index is 0.659. The monoisotopic (exact) mass is 1100 g/mol. The van der Waals surface area contributed by atoms with Crippen LogP contribution >= 0.6 is 0 Å². The molecule has 0 amide bonds. The second kappa shape index (κ2) is 19.4. The standard InChI is InChI=1S/C85H54N2/c1-3-19-65-61(15-1)17-13-29-79(65)86-81-27-11-7-23-71(81)73-51-57(39-49-83(73)86)33-31-55-35-41-59(42-36-55)63-45-47-69-70-48-46-64(54-78(70)85(77(69)53-63)75-25-9-5-21-67(75)68-22-6-10-26-76(68)85)60-43-37-56(38-44-60)32-34-58-40-50-84-74(52-58)72-24-8-12-28-82(72)87(84)80-30-14-18-62-16-2-4-20-66(62)80/h1-54H. The molecule has 1 spiro atoms. The Kier molecular flexibility index (Phi) is 10.9. The lowest BCUT2D eigenvalue weighted by molar-refractivity contribution is 0.794. The molecule has 0 bridgehead atoms. The number of aromatic nitrogens is 2. The predicted molar refractivity (Wildman–Crippen MR) is 368 cm³/mol. The van der Waals surface area contributed by atoms with Crippen molar-refractivity contribution in [2.45, 2.75) is 5.41 Å². The van der Waals surface area contributed by atoms with E-state index in [4.69, 9.17) is 0 Å². The number of fused-ring (bicyclic) bond motifs is 18. The maximum Gasteiger partial charge on any atom is 0.0725 e. The molecule has 2 nitrogen and oxygen atoms in total. The quantitative estimate of drug-likeness (QED) is 0.134. The maximum absolute atomic E-state index is 2.49. The van der Waals surface area contributed by atoms with Gasteiger partial charge in [0.05, 0.1) is 38.9 Å². The fourth-order valence-electron chi connectivity index (χ4n) is 15.0. The first-order chi connectivity index (χ1) is 43.1. The molecular weight excluding hydrogens is 1050 g/mol. The molecule has 0 saturated carbocycles. The van der Waals surface area contributed by atoms with Gasteiger partial charge >= 0.3 is 0 Å². The summed E-state index contributed by atoms with van der Waals surface area (Å²) >= 11 is 0. The molecule has 18 rings (SSSR count). The summed E-state index contributed by atoms with van der Waals surface area (Å²) in [6.45, 7) is 0. The molecule has 2 heteroatoms. The van der Waals surface area contributed by atoms with Crippen LogP contribution in [0.2, 0.25) is 0 Å². The molecule has 0 fully saturated rings. The minimum absolute atomic E-state index is 0.486. The summed E-state index contributed by atoms with van der Waals surface area (Å²) in [4.78, 5) is 0. The molecule has 0 atom stereocenters. The fourth-order valence-corrected chi connectivity index (χ4v) is 15.0. The zero-order valence-electron chi connectivity index (χ0n) is 47.6. The van der Waals surface area contributed by atoms with Crippen LogP contribution in [0.3, 0.4) is 0 Å². The van der Waals surface area contributed by atoms with Crippen molar-refractivity contribution in [3.05, 3.63) is 348 Å². The van der Waals surface area contributed by atoms with E-state index in [9.17, 15) is 0 Å². The van der Waals surface area contributed by atoms with Gasteiger partial charge in [-0.15, -0.1) is 0 Å². The van der Waals surface area contributed by atoms with E-state index in [-0.39, 0.29) is 0 Å². The molecule has 2 aliphatic carbocycles. The molecule has 404 valence electrons. The van der Waals surface area contributed by atoms with Crippen molar-refractivity contribution in [1.29, 1.82) is 0 Å². The highest BCUT2D eigenvalue weighted by molar-refractivity contribution is 6.13. The number of benzene rings is 14.